The predicted molar refractivity (Wildman–Crippen MR) is 137 cm³/mol. The minimum Gasteiger partial charge on any atom is -0.467 e. The molecule has 36 heavy (non-hydrogen) atoms. The summed E-state index contributed by atoms with van der Waals surface area (Å²) >= 11 is 0. The minimum absolute atomic E-state index is 0.0386. The highest BCUT2D eigenvalue weighted by Crippen LogP contribution is 2.45. The van der Waals surface area contributed by atoms with Crippen molar-refractivity contribution in [2.45, 2.75) is 32.0 Å². The van der Waals surface area contributed by atoms with Gasteiger partial charge in [0, 0.05) is 49.9 Å². The summed E-state index contributed by atoms with van der Waals surface area (Å²) in [5.74, 6) is 1.67. The number of ether oxygens (including phenoxy) is 1. The molecule has 8 heteroatoms. The number of nitrogens with zero attached hydrogens (tertiary/aromatic N) is 4. The van der Waals surface area contributed by atoms with Crippen molar-refractivity contribution in [2.75, 3.05) is 36.0 Å². The van der Waals surface area contributed by atoms with Crippen LogP contribution >= 0.6 is 0 Å². The SMILES string of the molecule is Cc1ccc2c(c1)[C@H]1C[C@@](C)(O2)N(c2cccc(C(=O)N3CCN(c4ccccn4)CC3)c2)C(=O)N1. The number of urea groups is 1. The molecule has 1 N–H and O–H groups in total. The molecule has 3 aliphatic rings. The first-order valence-corrected chi connectivity index (χ1v) is 12.4. The fourth-order valence-electron chi connectivity index (χ4n) is 5.52. The van der Waals surface area contributed by atoms with Gasteiger partial charge in [-0.25, -0.2) is 9.78 Å². The van der Waals surface area contributed by atoms with Gasteiger partial charge < -0.3 is 19.9 Å². The summed E-state index contributed by atoms with van der Waals surface area (Å²) in [4.78, 5) is 36.8. The van der Waals surface area contributed by atoms with E-state index >= 15 is 0 Å². The largest absolute Gasteiger partial charge is 0.467 e. The van der Waals surface area contributed by atoms with E-state index in [1.807, 2.05) is 67.3 Å². The number of carbonyl (C=O) groups excluding carboxylic acids is 2. The van der Waals surface area contributed by atoms with E-state index in [0.29, 0.717) is 30.8 Å². The maximum atomic E-state index is 13.4. The van der Waals surface area contributed by atoms with Crippen LogP contribution in [0.5, 0.6) is 5.75 Å². The Morgan fingerprint density at radius 3 is 2.67 bits per heavy atom. The van der Waals surface area contributed by atoms with Gasteiger partial charge in [-0.3, -0.25) is 9.69 Å². The molecule has 2 saturated heterocycles. The highest BCUT2D eigenvalue weighted by atomic mass is 16.5. The van der Waals surface area contributed by atoms with Gasteiger partial charge in [-0.05, 0) is 50.2 Å². The highest BCUT2D eigenvalue weighted by molar-refractivity contribution is 5.99. The lowest BCUT2D eigenvalue weighted by Crippen LogP contribution is -2.65. The Balaban J connectivity index is 1.22. The molecule has 0 spiro atoms. The van der Waals surface area contributed by atoms with Gasteiger partial charge in [-0.15, -0.1) is 0 Å². The lowest BCUT2D eigenvalue weighted by atomic mass is 9.89. The number of hydrogen-bond donors (Lipinski definition) is 1. The second kappa shape index (κ2) is 8.55. The Kier molecular flexibility index (Phi) is 5.32. The summed E-state index contributed by atoms with van der Waals surface area (Å²) in [7, 11) is 0. The number of aryl methyl sites for hydroxylation is 1. The number of hydrogen-bond acceptors (Lipinski definition) is 5. The fraction of sp³-hybridized carbons (Fsp3) is 0.321. The molecule has 0 unspecified atom stereocenters. The molecule has 2 bridgehead atoms. The molecule has 2 fully saturated rings. The van der Waals surface area contributed by atoms with E-state index in [4.69, 9.17) is 4.74 Å². The van der Waals surface area contributed by atoms with Crippen LogP contribution in [-0.2, 0) is 0 Å². The number of pyridine rings is 1. The first-order chi connectivity index (χ1) is 17.4. The Bertz CT molecular complexity index is 1320. The molecule has 2 atom stereocenters. The summed E-state index contributed by atoms with van der Waals surface area (Å²) in [5, 5.41) is 3.14. The van der Waals surface area contributed by atoms with E-state index in [-0.39, 0.29) is 18.0 Å². The molecule has 0 aliphatic carbocycles. The van der Waals surface area contributed by atoms with Gasteiger partial charge in [0.05, 0.1) is 11.7 Å². The van der Waals surface area contributed by atoms with Crippen molar-refractivity contribution in [1.82, 2.24) is 15.2 Å². The van der Waals surface area contributed by atoms with Crippen molar-refractivity contribution >= 4 is 23.4 Å². The first-order valence-electron chi connectivity index (χ1n) is 12.4. The van der Waals surface area contributed by atoms with Crippen molar-refractivity contribution in [3.05, 3.63) is 83.6 Å². The molecule has 4 heterocycles. The average molecular weight is 484 g/mol. The normalized spacial score (nSPS) is 23.0. The Morgan fingerprint density at radius 1 is 1.06 bits per heavy atom. The van der Waals surface area contributed by atoms with E-state index in [0.717, 1.165) is 35.8 Å². The summed E-state index contributed by atoms with van der Waals surface area (Å²) in [5.41, 5.74) is 2.48. The van der Waals surface area contributed by atoms with Gasteiger partial charge in [-0.1, -0.05) is 29.8 Å². The lowest BCUT2D eigenvalue weighted by molar-refractivity contribution is 0.0377. The number of nitrogens with one attached hydrogen (secondary N) is 1. The molecule has 184 valence electrons. The Hall–Kier alpha value is -4.07. The van der Waals surface area contributed by atoms with E-state index in [1.54, 1.807) is 17.2 Å². The zero-order chi connectivity index (χ0) is 24.9. The molecule has 8 nitrogen and oxygen atoms in total. The predicted octanol–water partition coefficient (Wildman–Crippen LogP) is 4.12. The van der Waals surface area contributed by atoms with Crippen molar-refractivity contribution in [3.8, 4) is 5.75 Å². The van der Waals surface area contributed by atoms with Gasteiger partial charge in [0.25, 0.3) is 5.91 Å². The van der Waals surface area contributed by atoms with E-state index in [2.05, 4.69) is 21.3 Å². The Labute approximate surface area is 210 Å². The standard InChI is InChI=1S/C28H29N5O3/c1-19-9-10-24-22(16-19)23-18-28(2,36-24)33(27(35)30-23)21-7-5-6-20(17-21)26(34)32-14-12-31(13-15-32)25-8-3-4-11-29-25/h3-11,16-17,23H,12-15,18H2,1-2H3,(H,30,35)/t23-,28-/m1/s1. The molecular formula is C28H29N5O3. The molecule has 3 aliphatic heterocycles. The molecule has 3 amide bonds. The van der Waals surface area contributed by atoms with E-state index in [9.17, 15) is 9.59 Å². The van der Waals surface area contributed by atoms with Crippen LogP contribution in [0.15, 0.2) is 66.9 Å². The average Bonchev–Trinajstić information content (AvgIpc) is 2.89. The number of aromatic nitrogens is 1. The maximum Gasteiger partial charge on any atom is 0.325 e. The van der Waals surface area contributed by atoms with Crippen molar-refractivity contribution in [3.63, 3.8) is 0 Å². The smallest absolute Gasteiger partial charge is 0.325 e. The van der Waals surface area contributed by atoms with Crippen LogP contribution in [-0.4, -0.2) is 53.7 Å². The van der Waals surface area contributed by atoms with Crippen LogP contribution in [0.3, 0.4) is 0 Å². The maximum absolute atomic E-state index is 13.4. The van der Waals surface area contributed by atoms with Crippen LogP contribution in [0, 0.1) is 6.92 Å². The number of amides is 3. The third-order valence-electron chi connectivity index (χ3n) is 7.32. The Morgan fingerprint density at radius 2 is 1.89 bits per heavy atom. The molecule has 1 aromatic heterocycles. The van der Waals surface area contributed by atoms with Crippen LogP contribution < -0.4 is 19.9 Å². The van der Waals surface area contributed by atoms with Crippen LogP contribution in [0.1, 0.15) is 40.9 Å². The number of fused-ring (bicyclic) bond motifs is 4. The van der Waals surface area contributed by atoms with Gasteiger partial charge >= 0.3 is 6.03 Å². The van der Waals surface area contributed by atoms with Crippen molar-refractivity contribution in [2.24, 2.45) is 0 Å². The number of anilines is 2. The minimum atomic E-state index is -0.856. The summed E-state index contributed by atoms with van der Waals surface area (Å²) in [6, 6.07) is 18.9. The zero-order valence-electron chi connectivity index (χ0n) is 20.5. The zero-order valence-corrected chi connectivity index (χ0v) is 20.5. The van der Waals surface area contributed by atoms with Crippen LogP contribution in [0.25, 0.3) is 0 Å². The van der Waals surface area contributed by atoms with Crippen molar-refractivity contribution in [1.29, 1.82) is 0 Å². The molecule has 2 aromatic carbocycles. The monoisotopic (exact) mass is 483 g/mol. The number of rotatable bonds is 3. The first kappa shape index (κ1) is 22.4. The molecule has 0 saturated carbocycles. The summed E-state index contributed by atoms with van der Waals surface area (Å²) in [6.07, 6.45) is 2.40. The summed E-state index contributed by atoms with van der Waals surface area (Å²) < 4.78 is 6.41. The molecular weight excluding hydrogens is 454 g/mol. The number of benzene rings is 2. The van der Waals surface area contributed by atoms with Gasteiger partial charge in [0.15, 0.2) is 5.72 Å². The molecule has 6 rings (SSSR count). The van der Waals surface area contributed by atoms with Gasteiger partial charge in [0.2, 0.25) is 0 Å². The summed E-state index contributed by atoms with van der Waals surface area (Å²) in [6.45, 7) is 6.65. The fourth-order valence-corrected chi connectivity index (χ4v) is 5.52. The number of carbonyl (C=O) groups is 2. The second-order valence-electron chi connectivity index (χ2n) is 9.88. The third-order valence-corrected chi connectivity index (χ3v) is 7.32. The van der Waals surface area contributed by atoms with Gasteiger partial charge in [-0.2, -0.15) is 0 Å². The van der Waals surface area contributed by atoms with Crippen LogP contribution in [0.2, 0.25) is 0 Å². The van der Waals surface area contributed by atoms with Gasteiger partial charge in [0.1, 0.15) is 11.6 Å². The third kappa shape index (κ3) is 3.82. The molecule has 3 aromatic rings. The number of piperazine rings is 1. The van der Waals surface area contributed by atoms with E-state index < -0.39 is 5.72 Å². The topological polar surface area (TPSA) is 78.0 Å². The van der Waals surface area contributed by atoms with Crippen molar-refractivity contribution < 1.29 is 14.3 Å². The lowest BCUT2D eigenvalue weighted by Gasteiger charge is -2.50. The molecule has 0 radical (unpaired) electrons. The highest BCUT2D eigenvalue weighted by Gasteiger charge is 2.50. The van der Waals surface area contributed by atoms with E-state index in [1.165, 1.54) is 0 Å². The second-order valence-corrected chi connectivity index (χ2v) is 9.88. The quantitative estimate of drug-likeness (QED) is 0.606. The van der Waals surface area contributed by atoms with Crippen LogP contribution in [0.4, 0.5) is 16.3 Å².